The van der Waals surface area contributed by atoms with Gasteiger partial charge in [0.05, 0.1) is 18.3 Å². The van der Waals surface area contributed by atoms with Gasteiger partial charge in [-0.2, -0.15) is 0 Å². The number of carbonyl (C=O) groups is 4. The van der Waals surface area contributed by atoms with Crippen LogP contribution in [-0.4, -0.2) is 46.8 Å². The third-order valence-corrected chi connectivity index (χ3v) is 2.66. The summed E-state index contributed by atoms with van der Waals surface area (Å²) in [5, 5.41) is 17.6. The first-order chi connectivity index (χ1) is 9.70. The first kappa shape index (κ1) is 18.6. The van der Waals surface area contributed by atoms with Crippen molar-refractivity contribution in [3.05, 3.63) is 12.7 Å². The molecular weight excluding hydrogens is 284 g/mol. The number of carboxylic acid groups (broad SMARTS) is 2. The smallest absolute Gasteiger partial charge is 0.347 e. The molecule has 0 heterocycles. The molecule has 0 amide bonds. The van der Waals surface area contributed by atoms with Crippen molar-refractivity contribution in [2.75, 3.05) is 6.61 Å². The molecule has 0 spiro atoms. The van der Waals surface area contributed by atoms with E-state index in [1.54, 1.807) is 0 Å². The molecule has 0 radical (unpaired) electrons. The molecule has 8 heteroatoms. The van der Waals surface area contributed by atoms with Crippen LogP contribution in [0.1, 0.15) is 20.3 Å². The summed E-state index contributed by atoms with van der Waals surface area (Å²) >= 11 is 0. The van der Waals surface area contributed by atoms with E-state index in [-0.39, 0.29) is 6.61 Å². The Morgan fingerprint density at radius 3 is 2.14 bits per heavy atom. The van der Waals surface area contributed by atoms with E-state index in [4.69, 9.17) is 14.9 Å². The van der Waals surface area contributed by atoms with Gasteiger partial charge in [0.15, 0.2) is 6.10 Å². The summed E-state index contributed by atoms with van der Waals surface area (Å²) in [5.74, 6) is -7.21. The van der Waals surface area contributed by atoms with Gasteiger partial charge in [-0.25, -0.2) is 4.79 Å². The standard InChI is InChI=1S/C13H18O8/c1-4-5-20-13(19)8(3)21-12(18)7(2)9(11(16)17)6-10(14)15/h4,7-9H,1,5-6H2,2-3H3,(H,14,15)(H,16,17)/t7-,8-,9?/m0/s1. The van der Waals surface area contributed by atoms with Crippen molar-refractivity contribution in [1.29, 1.82) is 0 Å². The molecule has 8 nitrogen and oxygen atoms in total. The van der Waals surface area contributed by atoms with Crippen molar-refractivity contribution in [1.82, 2.24) is 0 Å². The van der Waals surface area contributed by atoms with E-state index in [9.17, 15) is 19.2 Å². The molecule has 0 aromatic rings. The molecule has 0 aromatic carbocycles. The molecule has 2 N–H and O–H groups in total. The van der Waals surface area contributed by atoms with E-state index in [2.05, 4.69) is 11.3 Å². The predicted octanol–water partition coefficient (Wildman–Crippen LogP) is 0.459. The lowest BCUT2D eigenvalue weighted by Crippen LogP contribution is -2.35. The van der Waals surface area contributed by atoms with E-state index in [0.717, 1.165) is 0 Å². The highest BCUT2D eigenvalue weighted by Gasteiger charge is 2.34. The summed E-state index contributed by atoms with van der Waals surface area (Å²) in [6.45, 7) is 5.79. The molecule has 3 atom stereocenters. The summed E-state index contributed by atoms with van der Waals surface area (Å²) in [6, 6.07) is 0. The van der Waals surface area contributed by atoms with Gasteiger partial charge in [-0.05, 0) is 6.92 Å². The highest BCUT2D eigenvalue weighted by molar-refractivity contribution is 5.85. The zero-order chi connectivity index (χ0) is 16.6. The van der Waals surface area contributed by atoms with Crippen LogP contribution in [0, 0.1) is 11.8 Å². The summed E-state index contributed by atoms with van der Waals surface area (Å²) in [6.07, 6.45) is -0.609. The van der Waals surface area contributed by atoms with Gasteiger partial charge in [-0.1, -0.05) is 19.6 Å². The number of ether oxygens (including phenoxy) is 2. The van der Waals surface area contributed by atoms with E-state index in [1.165, 1.54) is 19.9 Å². The third-order valence-electron chi connectivity index (χ3n) is 2.66. The van der Waals surface area contributed by atoms with Crippen LogP contribution in [0.25, 0.3) is 0 Å². The van der Waals surface area contributed by atoms with E-state index < -0.39 is 48.2 Å². The van der Waals surface area contributed by atoms with Crippen molar-refractivity contribution in [3.8, 4) is 0 Å². The average Bonchev–Trinajstić information content (AvgIpc) is 2.40. The maximum atomic E-state index is 11.8. The molecule has 118 valence electrons. The summed E-state index contributed by atoms with van der Waals surface area (Å²) < 4.78 is 9.44. The lowest BCUT2D eigenvalue weighted by Gasteiger charge is -2.19. The van der Waals surface area contributed by atoms with Crippen LogP contribution in [0.4, 0.5) is 0 Å². The second-order valence-corrected chi connectivity index (χ2v) is 4.33. The number of aliphatic carboxylic acids is 2. The molecule has 21 heavy (non-hydrogen) atoms. The minimum absolute atomic E-state index is 0.0486. The molecule has 0 bridgehead atoms. The quantitative estimate of drug-likeness (QED) is 0.464. The SMILES string of the molecule is C=CCOC(=O)[C@H](C)OC(=O)[C@@H](C)C(CC(=O)O)C(=O)O. The lowest BCUT2D eigenvalue weighted by atomic mass is 9.91. The van der Waals surface area contributed by atoms with Gasteiger partial charge in [0.25, 0.3) is 0 Å². The van der Waals surface area contributed by atoms with Gasteiger partial charge in [0.1, 0.15) is 6.61 Å². The van der Waals surface area contributed by atoms with Gasteiger partial charge >= 0.3 is 23.9 Å². The van der Waals surface area contributed by atoms with Crippen LogP contribution in [0.15, 0.2) is 12.7 Å². The number of carboxylic acids is 2. The number of hydrogen-bond donors (Lipinski definition) is 2. The van der Waals surface area contributed by atoms with Gasteiger partial charge in [0, 0.05) is 0 Å². The fourth-order valence-corrected chi connectivity index (χ4v) is 1.42. The highest BCUT2D eigenvalue weighted by atomic mass is 16.6. The lowest BCUT2D eigenvalue weighted by molar-refractivity contribution is -0.171. The van der Waals surface area contributed by atoms with Crippen molar-refractivity contribution >= 4 is 23.9 Å². The van der Waals surface area contributed by atoms with Crippen LogP contribution < -0.4 is 0 Å². The van der Waals surface area contributed by atoms with E-state index >= 15 is 0 Å². The van der Waals surface area contributed by atoms with Crippen LogP contribution in [0.2, 0.25) is 0 Å². The minimum atomic E-state index is -1.44. The summed E-state index contributed by atoms with van der Waals surface area (Å²) in [4.78, 5) is 44.7. The van der Waals surface area contributed by atoms with Crippen LogP contribution in [0.3, 0.4) is 0 Å². The Balaban J connectivity index is 4.67. The molecule has 0 rings (SSSR count). The van der Waals surface area contributed by atoms with Crippen LogP contribution >= 0.6 is 0 Å². The van der Waals surface area contributed by atoms with Gasteiger partial charge < -0.3 is 19.7 Å². The van der Waals surface area contributed by atoms with Crippen LogP contribution in [-0.2, 0) is 28.7 Å². The normalized spacial score (nSPS) is 14.4. The van der Waals surface area contributed by atoms with E-state index in [1.807, 2.05) is 0 Å². The Kier molecular flexibility index (Phi) is 7.74. The zero-order valence-electron chi connectivity index (χ0n) is 11.8. The number of hydrogen-bond acceptors (Lipinski definition) is 6. The Morgan fingerprint density at radius 2 is 1.71 bits per heavy atom. The molecule has 0 aliphatic heterocycles. The monoisotopic (exact) mass is 302 g/mol. The molecule has 0 aromatic heterocycles. The minimum Gasteiger partial charge on any atom is -0.481 e. The number of rotatable bonds is 9. The summed E-state index contributed by atoms with van der Waals surface area (Å²) in [5.41, 5.74) is 0. The number of esters is 2. The maximum absolute atomic E-state index is 11.8. The molecule has 0 saturated heterocycles. The third kappa shape index (κ3) is 6.55. The Hall–Kier alpha value is -2.38. The summed E-state index contributed by atoms with van der Waals surface area (Å²) in [7, 11) is 0. The Bertz CT molecular complexity index is 428. The first-order valence-corrected chi connectivity index (χ1v) is 6.13. The Labute approximate surface area is 121 Å². The molecule has 0 fully saturated rings. The fourth-order valence-electron chi connectivity index (χ4n) is 1.42. The van der Waals surface area contributed by atoms with Gasteiger partial charge in [0.2, 0.25) is 0 Å². The fraction of sp³-hybridized carbons (Fsp3) is 0.538. The van der Waals surface area contributed by atoms with Crippen molar-refractivity contribution in [2.24, 2.45) is 11.8 Å². The van der Waals surface area contributed by atoms with Crippen molar-refractivity contribution in [3.63, 3.8) is 0 Å². The van der Waals surface area contributed by atoms with Crippen LogP contribution in [0.5, 0.6) is 0 Å². The average molecular weight is 302 g/mol. The van der Waals surface area contributed by atoms with Gasteiger partial charge in [-0.15, -0.1) is 0 Å². The molecule has 0 saturated carbocycles. The Morgan fingerprint density at radius 1 is 1.14 bits per heavy atom. The second-order valence-electron chi connectivity index (χ2n) is 4.33. The predicted molar refractivity (Wildman–Crippen MR) is 69.3 cm³/mol. The topological polar surface area (TPSA) is 127 Å². The molecular formula is C13H18O8. The zero-order valence-corrected chi connectivity index (χ0v) is 11.8. The van der Waals surface area contributed by atoms with Gasteiger partial charge in [-0.3, -0.25) is 14.4 Å². The molecule has 0 aliphatic rings. The van der Waals surface area contributed by atoms with E-state index in [0.29, 0.717) is 0 Å². The van der Waals surface area contributed by atoms with Crippen molar-refractivity contribution in [2.45, 2.75) is 26.4 Å². The van der Waals surface area contributed by atoms with Crippen molar-refractivity contribution < 1.29 is 38.9 Å². The second kappa shape index (κ2) is 8.72. The highest BCUT2D eigenvalue weighted by Crippen LogP contribution is 2.19. The number of carbonyl (C=O) groups excluding carboxylic acids is 2. The first-order valence-electron chi connectivity index (χ1n) is 6.13. The maximum Gasteiger partial charge on any atom is 0.347 e. The molecule has 0 aliphatic carbocycles. The largest absolute Gasteiger partial charge is 0.481 e. The molecule has 1 unspecified atom stereocenters.